The van der Waals surface area contributed by atoms with Gasteiger partial charge >= 0.3 is 5.97 Å². The molecule has 0 aliphatic heterocycles. The van der Waals surface area contributed by atoms with Crippen molar-refractivity contribution < 1.29 is 9.90 Å². The number of rotatable bonds is 2. The average Bonchev–Trinajstić information content (AvgIpc) is 2.61. The zero-order valence-corrected chi connectivity index (χ0v) is 8.08. The van der Waals surface area contributed by atoms with E-state index in [1.165, 1.54) is 10.8 Å². The maximum atomic E-state index is 10.8. The Morgan fingerprint density at radius 3 is 2.60 bits per heavy atom. The van der Waals surface area contributed by atoms with Crippen LogP contribution < -0.4 is 0 Å². The Bertz CT molecular complexity index is 491. The number of nitrogens with zero attached hydrogens (tertiary/aromatic N) is 3. The third kappa shape index (κ3) is 1.59. The molecule has 0 saturated carbocycles. The van der Waals surface area contributed by atoms with Crippen LogP contribution in [0.25, 0.3) is 11.4 Å². The Morgan fingerprint density at radius 1 is 1.40 bits per heavy atom. The summed E-state index contributed by atoms with van der Waals surface area (Å²) in [7, 11) is 1.67. The minimum atomic E-state index is -0.981. The quantitative estimate of drug-likeness (QED) is 0.795. The predicted octanol–water partition coefficient (Wildman–Crippen LogP) is 1.18. The fourth-order valence-corrected chi connectivity index (χ4v) is 1.38. The highest BCUT2D eigenvalue weighted by Crippen LogP contribution is 2.17. The van der Waals surface area contributed by atoms with E-state index in [1.54, 1.807) is 31.6 Å². The second-order valence-corrected chi connectivity index (χ2v) is 3.07. The highest BCUT2D eigenvalue weighted by molar-refractivity contribution is 5.86. The number of carboxylic acid groups (broad SMARTS) is 1. The molecule has 0 fully saturated rings. The molecule has 5 heteroatoms. The number of hydrogen-bond donors (Lipinski definition) is 1. The maximum Gasteiger partial charge on any atom is 0.354 e. The Morgan fingerprint density at radius 2 is 2.07 bits per heavy atom. The maximum absolute atomic E-state index is 10.8. The molecule has 0 aliphatic carbocycles. The fraction of sp³-hybridized carbons (Fsp3) is 0.100. The van der Waals surface area contributed by atoms with Crippen LogP contribution in [0.1, 0.15) is 10.5 Å². The van der Waals surface area contributed by atoms with Crippen molar-refractivity contribution in [3.8, 4) is 11.4 Å². The number of pyridine rings is 1. The van der Waals surface area contributed by atoms with Crippen LogP contribution in [0.3, 0.4) is 0 Å². The Balaban J connectivity index is 2.52. The predicted molar refractivity (Wildman–Crippen MR) is 53.4 cm³/mol. The summed E-state index contributed by atoms with van der Waals surface area (Å²) in [5.41, 5.74) is 1.02. The van der Waals surface area contributed by atoms with Gasteiger partial charge in [0.15, 0.2) is 0 Å². The average molecular weight is 203 g/mol. The third-order valence-electron chi connectivity index (χ3n) is 2.15. The molecule has 0 bridgehead atoms. The summed E-state index contributed by atoms with van der Waals surface area (Å²) in [6.45, 7) is 0. The molecule has 0 aliphatic rings. The molecule has 0 aromatic carbocycles. The summed E-state index contributed by atoms with van der Waals surface area (Å²) in [5, 5.41) is 8.85. The lowest BCUT2D eigenvalue weighted by Gasteiger charge is -2.02. The molecule has 15 heavy (non-hydrogen) atoms. The molecule has 2 aromatic rings. The van der Waals surface area contributed by atoms with E-state index in [1.807, 2.05) is 0 Å². The van der Waals surface area contributed by atoms with Gasteiger partial charge in [0.1, 0.15) is 11.5 Å². The number of hydrogen-bond acceptors (Lipinski definition) is 3. The van der Waals surface area contributed by atoms with Crippen LogP contribution in [0.15, 0.2) is 30.7 Å². The number of imidazole rings is 1. The molecular weight excluding hydrogens is 194 g/mol. The molecule has 5 nitrogen and oxygen atoms in total. The van der Waals surface area contributed by atoms with E-state index in [0.717, 1.165) is 5.56 Å². The van der Waals surface area contributed by atoms with Gasteiger partial charge in [0.05, 0.1) is 6.20 Å². The van der Waals surface area contributed by atoms with Crippen LogP contribution in [0, 0.1) is 0 Å². The van der Waals surface area contributed by atoms with E-state index >= 15 is 0 Å². The first-order chi connectivity index (χ1) is 7.20. The van der Waals surface area contributed by atoms with Crippen molar-refractivity contribution in [3.63, 3.8) is 0 Å². The number of aromatic carboxylic acids is 1. The molecule has 76 valence electrons. The molecule has 0 amide bonds. The van der Waals surface area contributed by atoms with Gasteiger partial charge in [-0.2, -0.15) is 0 Å². The van der Waals surface area contributed by atoms with Gasteiger partial charge in [-0.3, -0.25) is 4.98 Å². The van der Waals surface area contributed by atoms with Crippen molar-refractivity contribution in [1.82, 2.24) is 14.5 Å². The van der Waals surface area contributed by atoms with Gasteiger partial charge in [-0.25, -0.2) is 9.78 Å². The zero-order chi connectivity index (χ0) is 10.8. The van der Waals surface area contributed by atoms with Crippen molar-refractivity contribution in [2.24, 2.45) is 7.05 Å². The van der Waals surface area contributed by atoms with Crippen molar-refractivity contribution >= 4 is 5.97 Å². The molecule has 0 saturated heterocycles. The van der Waals surface area contributed by atoms with Crippen LogP contribution in [0.4, 0.5) is 0 Å². The zero-order valence-electron chi connectivity index (χ0n) is 8.08. The summed E-state index contributed by atoms with van der Waals surface area (Å²) < 4.78 is 1.54. The lowest BCUT2D eigenvalue weighted by molar-refractivity contribution is 0.0686. The smallest absolute Gasteiger partial charge is 0.354 e. The van der Waals surface area contributed by atoms with Crippen LogP contribution in [-0.2, 0) is 7.05 Å². The van der Waals surface area contributed by atoms with E-state index in [0.29, 0.717) is 5.82 Å². The van der Waals surface area contributed by atoms with Gasteiger partial charge in [0.25, 0.3) is 0 Å². The normalized spacial score (nSPS) is 10.2. The summed E-state index contributed by atoms with van der Waals surface area (Å²) in [4.78, 5) is 18.7. The van der Waals surface area contributed by atoms with E-state index in [9.17, 15) is 4.79 Å². The Kier molecular flexibility index (Phi) is 2.21. The molecular formula is C10H9N3O2. The van der Waals surface area contributed by atoms with E-state index in [4.69, 9.17) is 5.11 Å². The second kappa shape index (κ2) is 3.53. The largest absolute Gasteiger partial charge is 0.477 e. The van der Waals surface area contributed by atoms with Gasteiger partial charge in [-0.1, -0.05) is 0 Å². The van der Waals surface area contributed by atoms with E-state index in [2.05, 4.69) is 9.97 Å². The van der Waals surface area contributed by atoms with Crippen molar-refractivity contribution in [2.45, 2.75) is 0 Å². The van der Waals surface area contributed by atoms with Crippen LogP contribution in [0.2, 0.25) is 0 Å². The number of aromatic nitrogens is 3. The highest BCUT2D eigenvalue weighted by Gasteiger charge is 2.13. The highest BCUT2D eigenvalue weighted by atomic mass is 16.4. The summed E-state index contributed by atoms with van der Waals surface area (Å²) in [6, 6.07) is 3.57. The van der Waals surface area contributed by atoms with E-state index in [-0.39, 0.29) is 5.69 Å². The molecule has 1 N–H and O–H groups in total. The SMILES string of the molecule is Cn1c(C(=O)O)cnc1-c1ccncc1. The fourth-order valence-electron chi connectivity index (χ4n) is 1.38. The van der Waals surface area contributed by atoms with Crippen molar-refractivity contribution in [3.05, 3.63) is 36.4 Å². The lowest BCUT2D eigenvalue weighted by atomic mass is 10.2. The van der Waals surface area contributed by atoms with E-state index < -0.39 is 5.97 Å². The third-order valence-corrected chi connectivity index (χ3v) is 2.15. The first kappa shape index (κ1) is 9.39. The monoisotopic (exact) mass is 203 g/mol. The Labute approximate surface area is 86.0 Å². The van der Waals surface area contributed by atoms with Gasteiger partial charge in [-0.05, 0) is 12.1 Å². The van der Waals surface area contributed by atoms with Gasteiger partial charge in [0.2, 0.25) is 0 Å². The molecule has 0 unspecified atom stereocenters. The van der Waals surface area contributed by atoms with Gasteiger partial charge in [0, 0.05) is 25.0 Å². The molecule has 0 atom stereocenters. The van der Waals surface area contributed by atoms with Crippen molar-refractivity contribution in [1.29, 1.82) is 0 Å². The molecule has 0 spiro atoms. The van der Waals surface area contributed by atoms with Gasteiger partial charge < -0.3 is 9.67 Å². The second-order valence-electron chi connectivity index (χ2n) is 3.07. The van der Waals surface area contributed by atoms with Crippen LogP contribution in [-0.4, -0.2) is 25.6 Å². The molecule has 2 aromatic heterocycles. The van der Waals surface area contributed by atoms with Gasteiger partial charge in [-0.15, -0.1) is 0 Å². The topological polar surface area (TPSA) is 68.0 Å². The summed E-state index contributed by atoms with van der Waals surface area (Å²) in [6.07, 6.45) is 4.63. The minimum Gasteiger partial charge on any atom is -0.477 e. The first-order valence-electron chi connectivity index (χ1n) is 4.35. The number of carbonyl (C=O) groups is 1. The summed E-state index contributed by atoms with van der Waals surface area (Å²) in [5.74, 6) is -0.361. The molecule has 2 heterocycles. The number of carboxylic acids is 1. The summed E-state index contributed by atoms with van der Waals surface area (Å²) >= 11 is 0. The molecule has 2 rings (SSSR count). The van der Waals surface area contributed by atoms with Crippen LogP contribution in [0.5, 0.6) is 0 Å². The molecule has 0 radical (unpaired) electrons. The first-order valence-corrected chi connectivity index (χ1v) is 4.35. The lowest BCUT2D eigenvalue weighted by Crippen LogP contribution is -2.05. The Hall–Kier alpha value is -2.17. The van der Waals surface area contributed by atoms with Crippen molar-refractivity contribution in [2.75, 3.05) is 0 Å². The standard InChI is InChI=1S/C10H9N3O2/c1-13-8(10(14)15)6-12-9(13)7-2-4-11-5-3-7/h2-6H,1H3,(H,14,15). The minimum absolute atomic E-state index is 0.168. The van der Waals surface area contributed by atoms with Crippen LogP contribution >= 0.6 is 0 Å².